The van der Waals surface area contributed by atoms with E-state index in [1.165, 1.54) is 0 Å². The standard InChI is InChI=1S/C4H5Cl2F3O/c1-2(10)3(5,6)4(7,8)9/h2,10H,1H3. The van der Waals surface area contributed by atoms with E-state index in [0.717, 1.165) is 6.92 Å². The fourth-order valence-corrected chi connectivity index (χ4v) is 0.237. The van der Waals surface area contributed by atoms with Crippen LogP contribution in [0.2, 0.25) is 0 Å². The zero-order valence-corrected chi connectivity index (χ0v) is 6.43. The third kappa shape index (κ3) is 1.90. The van der Waals surface area contributed by atoms with Gasteiger partial charge in [-0.25, -0.2) is 0 Å². The van der Waals surface area contributed by atoms with Gasteiger partial charge in [0.25, 0.3) is 0 Å². The molecular weight excluding hydrogens is 192 g/mol. The van der Waals surface area contributed by atoms with Gasteiger partial charge in [0, 0.05) is 0 Å². The Labute approximate surface area is 65.7 Å². The first-order valence-electron chi connectivity index (χ1n) is 2.32. The van der Waals surface area contributed by atoms with E-state index in [1.54, 1.807) is 0 Å². The molecule has 10 heavy (non-hydrogen) atoms. The molecule has 0 spiro atoms. The second-order valence-electron chi connectivity index (χ2n) is 1.80. The monoisotopic (exact) mass is 196 g/mol. The van der Waals surface area contributed by atoms with Crippen LogP contribution in [0.5, 0.6) is 0 Å². The summed E-state index contributed by atoms with van der Waals surface area (Å²) in [4.78, 5) is 0. The minimum Gasteiger partial charge on any atom is -0.390 e. The lowest BCUT2D eigenvalue weighted by Gasteiger charge is -2.24. The zero-order chi connectivity index (χ0) is 8.58. The molecule has 1 atom stereocenters. The Hall–Kier alpha value is 0.330. The number of rotatable bonds is 1. The van der Waals surface area contributed by atoms with Gasteiger partial charge in [-0.15, -0.1) is 0 Å². The molecular formula is C4H5Cl2F3O. The van der Waals surface area contributed by atoms with Crippen LogP contribution in [-0.2, 0) is 0 Å². The van der Waals surface area contributed by atoms with Crippen LogP contribution < -0.4 is 0 Å². The molecule has 1 unspecified atom stereocenters. The maximum atomic E-state index is 11.7. The molecule has 62 valence electrons. The number of aliphatic hydroxyl groups is 1. The van der Waals surface area contributed by atoms with Crippen molar-refractivity contribution in [2.24, 2.45) is 0 Å². The minimum absolute atomic E-state index is 0.869. The van der Waals surface area contributed by atoms with Crippen LogP contribution >= 0.6 is 23.2 Å². The lowest BCUT2D eigenvalue weighted by atomic mass is 10.2. The van der Waals surface area contributed by atoms with Crippen molar-refractivity contribution < 1.29 is 18.3 Å². The SMILES string of the molecule is CC(O)C(Cl)(Cl)C(F)(F)F. The largest absolute Gasteiger partial charge is 0.423 e. The van der Waals surface area contributed by atoms with E-state index in [0.29, 0.717) is 0 Å². The van der Waals surface area contributed by atoms with Crippen LogP contribution in [0, 0.1) is 0 Å². The van der Waals surface area contributed by atoms with Crippen molar-refractivity contribution >= 4 is 23.2 Å². The smallest absolute Gasteiger partial charge is 0.390 e. The molecule has 0 aliphatic carbocycles. The van der Waals surface area contributed by atoms with Gasteiger partial charge in [0.1, 0.15) is 0 Å². The van der Waals surface area contributed by atoms with Gasteiger partial charge < -0.3 is 5.11 Å². The molecule has 0 aromatic carbocycles. The lowest BCUT2D eigenvalue weighted by molar-refractivity contribution is -0.159. The summed E-state index contributed by atoms with van der Waals surface area (Å²) in [6, 6.07) is 0. The Morgan fingerprint density at radius 1 is 1.30 bits per heavy atom. The van der Waals surface area contributed by atoms with Crippen LogP contribution in [0.3, 0.4) is 0 Å². The highest BCUT2D eigenvalue weighted by Gasteiger charge is 2.55. The molecule has 0 aliphatic heterocycles. The summed E-state index contributed by atoms with van der Waals surface area (Å²) < 4.78 is 31.9. The Morgan fingerprint density at radius 2 is 1.60 bits per heavy atom. The molecule has 0 radical (unpaired) electrons. The van der Waals surface area contributed by atoms with Crippen molar-refractivity contribution in [1.82, 2.24) is 0 Å². The number of hydrogen-bond acceptors (Lipinski definition) is 1. The summed E-state index contributed by atoms with van der Waals surface area (Å²) >= 11 is 9.48. The first-order chi connectivity index (χ1) is 4.19. The fraction of sp³-hybridized carbons (Fsp3) is 1.00. The van der Waals surface area contributed by atoms with E-state index in [-0.39, 0.29) is 0 Å². The van der Waals surface area contributed by atoms with E-state index in [9.17, 15) is 13.2 Å². The number of aliphatic hydroxyl groups excluding tert-OH is 1. The van der Waals surface area contributed by atoms with E-state index in [4.69, 9.17) is 28.3 Å². The molecule has 0 saturated carbocycles. The highest BCUT2D eigenvalue weighted by Crippen LogP contribution is 2.42. The molecule has 1 nitrogen and oxygen atoms in total. The van der Waals surface area contributed by atoms with Crippen LogP contribution in [0.4, 0.5) is 13.2 Å². The topological polar surface area (TPSA) is 20.2 Å². The minimum atomic E-state index is -4.80. The molecule has 6 heteroatoms. The average molecular weight is 197 g/mol. The van der Waals surface area contributed by atoms with Crippen LogP contribution in [0.15, 0.2) is 0 Å². The van der Waals surface area contributed by atoms with Crippen molar-refractivity contribution in [2.75, 3.05) is 0 Å². The molecule has 0 amide bonds. The fourth-order valence-electron chi connectivity index (χ4n) is 0.237. The lowest BCUT2D eigenvalue weighted by Crippen LogP contribution is -2.43. The Kier molecular flexibility index (Phi) is 2.85. The van der Waals surface area contributed by atoms with Crippen molar-refractivity contribution in [3.63, 3.8) is 0 Å². The second kappa shape index (κ2) is 2.75. The average Bonchev–Trinajstić information content (AvgIpc) is 1.62. The number of alkyl halides is 5. The molecule has 0 fully saturated rings. The Balaban J connectivity index is 4.40. The molecule has 0 saturated heterocycles. The highest BCUT2D eigenvalue weighted by molar-refractivity contribution is 6.49. The summed E-state index contributed by atoms with van der Waals surface area (Å²) in [6.45, 7) is 0.869. The predicted octanol–water partition coefficient (Wildman–Crippen LogP) is 2.10. The Morgan fingerprint density at radius 3 is 1.60 bits per heavy atom. The summed E-state index contributed by atoms with van der Waals surface area (Å²) in [5.41, 5.74) is 0. The second-order valence-corrected chi connectivity index (χ2v) is 3.18. The van der Waals surface area contributed by atoms with Crippen molar-refractivity contribution in [1.29, 1.82) is 0 Å². The molecule has 0 aromatic rings. The van der Waals surface area contributed by atoms with Gasteiger partial charge in [-0.2, -0.15) is 13.2 Å². The summed E-state index contributed by atoms with van der Waals surface area (Å²) in [7, 11) is 0. The summed E-state index contributed by atoms with van der Waals surface area (Å²) in [6.07, 6.45) is -6.64. The van der Waals surface area contributed by atoms with Gasteiger partial charge in [-0.3, -0.25) is 0 Å². The van der Waals surface area contributed by atoms with Gasteiger partial charge in [-0.05, 0) is 6.92 Å². The van der Waals surface area contributed by atoms with Crippen LogP contribution in [0.25, 0.3) is 0 Å². The van der Waals surface area contributed by atoms with Gasteiger partial charge in [0.15, 0.2) is 0 Å². The van der Waals surface area contributed by atoms with Crippen molar-refractivity contribution in [2.45, 2.75) is 23.5 Å². The number of hydrogen-bond donors (Lipinski definition) is 1. The maximum absolute atomic E-state index is 11.7. The van der Waals surface area contributed by atoms with Gasteiger partial charge in [0.05, 0.1) is 6.10 Å². The Bertz CT molecular complexity index is 120. The third-order valence-corrected chi connectivity index (χ3v) is 1.96. The van der Waals surface area contributed by atoms with Gasteiger partial charge in [-0.1, -0.05) is 23.2 Å². The highest BCUT2D eigenvalue weighted by atomic mass is 35.5. The van der Waals surface area contributed by atoms with E-state index in [2.05, 4.69) is 0 Å². The molecule has 1 N–H and O–H groups in total. The van der Waals surface area contributed by atoms with Gasteiger partial charge >= 0.3 is 6.18 Å². The zero-order valence-electron chi connectivity index (χ0n) is 4.91. The first kappa shape index (κ1) is 10.3. The number of halogens is 5. The van der Waals surface area contributed by atoms with E-state index < -0.39 is 16.6 Å². The van der Waals surface area contributed by atoms with Crippen molar-refractivity contribution in [3.8, 4) is 0 Å². The normalized spacial score (nSPS) is 17.1. The predicted molar refractivity (Wildman–Crippen MR) is 32.2 cm³/mol. The van der Waals surface area contributed by atoms with Gasteiger partial charge in [0.2, 0.25) is 4.33 Å². The van der Waals surface area contributed by atoms with E-state index in [1.807, 2.05) is 0 Å². The molecule has 0 aliphatic rings. The van der Waals surface area contributed by atoms with Crippen LogP contribution in [0.1, 0.15) is 6.92 Å². The summed E-state index contributed by atoms with van der Waals surface area (Å²) in [5, 5.41) is 8.43. The molecule has 0 aromatic heterocycles. The molecule has 0 rings (SSSR count). The van der Waals surface area contributed by atoms with Crippen molar-refractivity contribution in [3.05, 3.63) is 0 Å². The first-order valence-corrected chi connectivity index (χ1v) is 3.08. The maximum Gasteiger partial charge on any atom is 0.423 e. The third-order valence-electron chi connectivity index (χ3n) is 0.903. The summed E-state index contributed by atoms with van der Waals surface area (Å²) in [5.74, 6) is 0. The molecule has 0 bridgehead atoms. The quantitative estimate of drug-likeness (QED) is 0.638. The van der Waals surface area contributed by atoms with E-state index >= 15 is 0 Å². The van der Waals surface area contributed by atoms with Crippen LogP contribution in [-0.4, -0.2) is 21.7 Å². The molecule has 0 heterocycles.